The van der Waals surface area contributed by atoms with E-state index >= 15 is 0 Å². The summed E-state index contributed by atoms with van der Waals surface area (Å²) >= 11 is 0. The van der Waals surface area contributed by atoms with Crippen LogP contribution in [-0.2, 0) is 11.3 Å². The zero-order chi connectivity index (χ0) is 11.1. The van der Waals surface area contributed by atoms with Crippen molar-refractivity contribution in [3.05, 3.63) is 30.6 Å². The summed E-state index contributed by atoms with van der Waals surface area (Å²) in [7, 11) is 0. The molecule has 1 N–H and O–H groups in total. The molecule has 0 saturated carbocycles. The van der Waals surface area contributed by atoms with Gasteiger partial charge in [0.15, 0.2) is 0 Å². The van der Waals surface area contributed by atoms with Gasteiger partial charge in [-0.2, -0.15) is 5.10 Å². The summed E-state index contributed by atoms with van der Waals surface area (Å²) in [5.74, 6) is -0.0449. The molecule has 1 amide bonds. The van der Waals surface area contributed by atoms with Gasteiger partial charge in [-0.25, -0.2) is 0 Å². The molecule has 1 heterocycles. The van der Waals surface area contributed by atoms with Gasteiger partial charge in [0.05, 0.1) is 6.54 Å². The Morgan fingerprint density at radius 1 is 1.73 bits per heavy atom. The fraction of sp³-hybridized carbons (Fsp3) is 0.455. The Bertz CT molecular complexity index is 322. The van der Waals surface area contributed by atoms with Crippen LogP contribution in [0.25, 0.3) is 0 Å². The average Bonchev–Trinajstić information content (AvgIpc) is 2.70. The van der Waals surface area contributed by atoms with Crippen LogP contribution in [0.15, 0.2) is 30.6 Å². The second-order valence-electron chi connectivity index (χ2n) is 3.45. The Morgan fingerprint density at radius 3 is 3.13 bits per heavy atom. The van der Waals surface area contributed by atoms with E-state index in [1.165, 1.54) is 0 Å². The predicted octanol–water partition coefficient (Wildman–Crippen LogP) is 1.60. The van der Waals surface area contributed by atoms with Crippen LogP contribution in [0.5, 0.6) is 0 Å². The molecule has 1 aromatic rings. The van der Waals surface area contributed by atoms with Crippen LogP contribution >= 0.6 is 0 Å². The molecule has 0 aliphatic heterocycles. The first-order valence-electron chi connectivity index (χ1n) is 5.17. The minimum absolute atomic E-state index is 0. The van der Waals surface area contributed by atoms with Crippen molar-refractivity contribution in [1.29, 1.82) is 0 Å². The van der Waals surface area contributed by atoms with Gasteiger partial charge in [0.25, 0.3) is 0 Å². The first-order valence-corrected chi connectivity index (χ1v) is 5.17. The van der Waals surface area contributed by atoms with E-state index in [0.29, 0.717) is 6.54 Å². The van der Waals surface area contributed by atoms with Gasteiger partial charge in [0, 0.05) is 25.9 Å². The zero-order valence-electron chi connectivity index (χ0n) is 9.18. The van der Waals surface area contributed by atoms with Crippen molar-refractivity contribution in [1.82, 2.24) is 15.1 Å². The molecule has 0 aromatic carbocycles. The fourth-order valence-electron chi connectivity index (χ4n) is 1.07. The van der Waals surface area contributed by atoms with Crippen molar-refractivity contribution in [3.63, 3.8) is 0 Å². The van der Waals surface area contributed by atoms with Gasteiger partial charge >= 0.3 is 0 Å². The highest BCUT2D eigenvalue weighted by atomic mass is 16.1. The van der Waals surface area contributed by atoms with Gasteiger partial charge in [0.2, 0.25) is 5.91 Å². The zero-order valence-corrected chi connectivity index (χ0v) is 9.18. The lowest BCUT2D eigenvalue weighted by Gasteiger charge is -2.08. The number of hydrogen-bond acceptors (Lipinski definition) is 2. The lowest BCUT2D eigenvalue weighted by Crippen LogP contribution is -2.30. The molecule has 1 rings (SSSR count). The highest BCUT2D eigenvalue weighted by molar-refractivity contribution is 5.87. The maximum Gasteiger partial charge on any atom is 0.243 e. The summed E-state index contributed by atoms with van der Waals surface area (Å²) in [6.07, 6.45) is 7.86. The molecule has 0 fully saturated rings. The summed E-state index contributed by atoms with van der Waals surface area (Å²) in [6.45, 7) is 4.65. The summed E-state index contributed by atoms with van der Waals surface area (Å²) in [5.41, 5.74) is 0. The molecule has 0 aliphatic rings. The highest BCUT2D eigenvalue weighted by Crippen LogP contribution is 1.89. The maximum absolute atomic E-state index is 11.3. The van der Waals surface area contributed by atoms with Crippen LogP contribution in [0.2, 0.25) is 0 Å². The second-order valence-corrected chi connectivity index (χ2v) is 3.45. The Kier molecular flexibility index (Phi) is 4.60. The first kappa shape index (κ1) is 11.5. The van der Waals surface area contributed by atoms with Crippen molar-refractivity contribution in [2.75, 3.05) is 0 Å². The minimum atomic E-state index is -0.0449. The van der Waals surface area contributed by atoms with Crippen LogP contribution in [0.3, 0.4) is 0 Å². The number of carbonyl (C=O) groups is 1. The van der Waals surface area contributed by atoms with E-state index in [1.54, 1.807) is 23.0 Å². The number of allylic oxidation sites excluding steroid dienone is 1. The highest BCUT2D eigenvalue weighted by Gasteiger charge is 2.00. The topological polar surface area (TPSA) is 46.9 Å². The maximum atomic E-state index is 11.3. The molecular formula is C11H19N3O. The third-order valence-corrected chi connectivity index (χ3v) is 2.12. The van der Waals surface area contributed by atoms with Crippen LogP contribution in [-0.4, -0.2) is 21.7 Å². The van der Waals surface area contributed by atoms with Gasteiger partial charge in [-0.05, 0) is 19.4 Å². The molecule has 4 heteroatoms. The molecule has 0 spiro atoms. The molecule has 0 aliphatic carbocycles. The lowest BCUT2D eigenvalue weighted by molar-refractivity contribution is -0.117. The number of amides is 1. The number of carbonyl (C=O) groups excluding carboxylic acids is 1. The quantitative estimate of drug-likeness (QED) is 0.749. The van der Waals surface area contributed by atoms with Crippen LogP contribution in [0, 0.1) is 0 Å². The Labute approximate surface area is 91.5 Å². The molecule has 1 atom stereocenters. The Morgan fingerprint density at radius 2 is 2.53 bits per heavy atom. The van der Waals surface area contributed by atoms with Gasteiger partial charge in [-0.1, -0.05) is 13.0 Å². The number of nitrogens with one attached hydrogen (secondary N) is 1. The molecule has 1 unspecified atom stereocenters. The molecular weight excluding hydrogens is 190 g/mol. The monoisotopic (exact) mass is 209 g/mol. The first-order chi connectivity index (χ1) is 7.22. The van der Waals surface area contributed by atoms with Gasteiger partial charge in [-0.15, -0.1) is 0 Å². The van der Waals surface area contributed by atoms with Crippen molar-refractivity contribution in [2.45, 2.75) is 32.9 Å². The van der Waals surface area contributed by atoms with E-state index in [4.69, 9.17) is 0 Å². The molecule has 1 aromatic heterocycles. The number of rotatable bonds is 5. The minimum Gasteiger partial charge on any atom is -0.350 e. The van der Waals surface area contributed by atoms with Crippen molar-refractivity contribution < 1.29 is 6.22 Å². The molecule has 15 heavy (non-hydrogen) atoms. The largest absolute Gasteiger partial charge is 0.350 e. The summed E-state index contributed by atoms with van der Waals surface area (Å²) < 4.78 is 1.76. The van der Waals surface area contributed by atoms with E-state index in [1.807, 2.05) is 26.1 Å². The van der Waals surface area contributed by atoms with Crippen molar-refractivity contribution >= 4 is 5.91 Å². The molecule has 0 bridgehead atoms. The van der Waals surface area contributed by atoms with E-state index in [2.05, 4.69) is 10.4 Å². The van der Waals surface area contributed by atoms with E-state index in [0.717, 1.165) is 6.42 Å². The standard InChI is InChI=1S/C11H17N3O.H2/c1-3-10(2)13-11(15)6-4-8-14-9-5-7-12-14;/h4-7,9-10H,3,8H2,1-2H3,(H,13,15);1H/b6-4+;. The molecule has 84 valence electrons. The summed E-state index contributed by atoms with van der Waals surface area (Å²) in [6, 6.07) is 2.08. The van der Waals surface area contributed by atoms with E-state index < -0.39 is 0 Å². The van der Waals surface area contributed by atoms with Crippen molar-refractivity contribution in [3.8, 4) is 0 Å². The third-order valence-electron chi connectivity index (χ3n) is 2.12. The molecule has 4 nitrogen and oxygen atoms in total. The van der Waals surface area contributed by atoms with Gasteiger partial charge in [0.1, 0.15) is 0 Å². The van der Waals surface area contributed by atoms with Crippen LogP contribution in [0.1, 0.15) is 21.7 Å². The van der Waals surface area contributed by atoms with E-state index in [-0.39, 0.29) is 13.4 Å². The Hall–Kier alpha value is -1.58. The van der Waals surface area contributed by atoms with Gasteiger partial charge < -0.3 is 5.32 Å². The van der Waals surface area contributed by atoms with Crippen molar-refractivity contribution in [2.24, 2.45) is 0 Å². The van der Waals surface area contributed by atoms with Crippen LogP contribution < -0.4 is 5.32 Å². The summed E-state index contributed by atoms with van der Waals surface area (Å²) in [5, 5.41) is 6.88. The van der Waals surface area contributed by atoms with Crippen LogP contribution in [0.4, 0.5) is 0 Å². The average molecular weight is 209 g/mol. The smallest absolute Gasteiger partial charge is 0.243 e. The normalized spacial score (nSPS) is 12.9. The summed E-state index contributed by atoms with van der Waals surface area (Å²) in [4.78, 5) is 11.3. The molecule has 0 saturated heterocycles. The van der Waals surface area contributed by atoms with E-state index in [9.17, 15) is 4.79 Å². The number of hydrogen-bond donors (Lipinski definition) is 1. The molecule has 0 radical (unpaired) electrons. The lowest BCUT2D eigenvalue weighted by atomic mass is 10.2. The predicted molar refractivity (Wildman–Crippen MR) is 61.4 cm³/mol. The number of nitrogens with zero attached hydrogens (tertiary/aromatic N) is 2. The van der Waals surface area contributed by atoms with Gasteiger partial charge in [-0.3, -0.25) is 9.48 Å². The Balaban J connectivity index is 0.00000225. The fourth-order valence-corrected chi connectivity index (χ4v) is 1.07. The third kappa shape index (κ3) is 4.44. The number of aromatic nitrogens is 2. The SMILES string of the molecule is CCC(C)NC(=O)/C=C/Cn1cccn1.[HH]. The second kappa shape index (κ2) is 6.01.